The fraction of sp³-hybridized carbons (Fsp3) is 0.200. The number of anilines is 1. The molecule has 0 aromatic heterocycles. The van der Waals surface area contributed by atoms with Crippen molar-refractivity contribution in [3.63, 3.8) is 0 Å². The Balaban J connectivity index is 2.08. The Morgan fingerprint density at radius 1 is 1.00 bits per heavy atom. The Hall–Kier alpha value is -1.62. The van der Waals surface area contributed by atoms with Crippen molar-refractivity contribution in [2.75, 3.05) is 5.73 Å². The van der Waals surface area contributed by atoms with E-state index in [-0.39, 0.29) is 16.7 Å². The van der Waals surface area contributed by atoms with Crippen LogP contribution in [0.25, 0.3) is 0 Å². The number of benzene rings is 2. The van der Waals surface area contributed by atoms with Gasteiger partial charge in [0.25, 0.3) is 0 Å². The highest BCUT2D eigenvalue weighted by Gasteiger charge is 2.28. The number of halogens is 3. The summed E-state index contributed by atoms with van der Waals surface area (Å²) in [6.45, 7) is 1.93. The molecule has 2 aromatic carbocycles. The van der Waals surface area contributed by atoms with Crippen LogP contribution in [-0.4, -0.2) is 5.51 Å². The van der Waals surface area contributed by atoms with Crippen LogP contribution in [0.3, 0.4) is 0 Å². The Morgan fingerprint density at radius 3 is 2.15 bits per heavy atom. The molecule has 1 nitrogen and oxygen atoms in total. The molecule has 2 N–H and O–H groups in total. The Labute approximate surface area is 120 Å². The van der Waals surface area contributed by atoms with E-state index in [2.05, 4.69) is 0 Å². The average molecular weight is 297 g/mol. The van der Waals surface area contributed by atoms with Gasteiger partial charge in [0.05, 0.1) is 0 Å². The smallest absolute Gasteiger partial charge is 0.399 e. The zero-order valence-corrected chi connectivity index (χ0v) is 11.7. The summed E-state index contributed by atoms with van der Waals surface area (Å²) in [5.74, 6) is 0. The number of aryl methyl sites for hydroxylation is 1. The van der Waals surface area contributed by atoms with Crippen LogP contribution in [-0.2, 0) is 6.42 Å². The van der Waals surface area contributed by atoms with Gasteiger partial charge >= 0.3 is 5.51 Å². The largest absolute Gasteiger partial charge is 0.446 e. The molecule has 0 amide bonds. The predicted molar refractivity (Wildman–Crippen MR) is 76.8 cm³/mol. The molecule has 0 heterocycles. The van der Waals surface area contributed by atoms with Gasteiger partial charge in [0.2, 0.25) is 0 Å². The number of hydrogen-bond donors (Lipinski definition) is 1. The molecular weight excluding hydrogens is 283 g/mol. The highest BCUT2D eigenvalue weighted by molar-refractivity contribution is 8.00. The summed E-state index contributed by atoms with van der Waals surface area (Å²) in [5, 5.41) is 0. The first-order valence-corrected chi connectivity index (χ1v) is 6.85. The summed E-state index contributed by atoms with van der Waals surface area (Å²) in [6, 6.07) is 12.2. The fourth-order valence-corrected chi connectivity index (χ4v) is 2.43. The normalized spacial score (nSPS) is 11.6. The lowest BCUT2D eigenvalue weighted by atomic mass is 10.0. The first-order valence-electron chi connectivity index (χ1n) is 6.03. The van der Waals surface area contributed by atoms with Gasteiger partial charge in [-0.2, -0.15) is 13.2 Å². The molecule has 0 fully saturated rings. The monoisotopic (exact) mass is 297 g/mol. The molecule has 5 heteroatoms. The van der Waals surface area contributed by atoms with E-state index >= 15 is 0 Å². The average Bonchev–Trinajstić information content (AvgIpc) is 2.35. The van der Waals surface area contributed by atoms with Crippen molar-refractivity contribution in [1.82, 2.24) is 0 Å². The van der Waals surface area contributed by atoms with Crippen molar-refractivity contribution in [2.45, 2.75) is 23.7 Å². The molecule has 0 bridgehead atoms. The van der Waals surface area contributed by atoms with Gasteiger partial charge in [-0.15, -0.1) is 0 Å². The molecule has 2 rings (SSSR count). The quantitative estimate of drug-likeness (QED) is 0.651. The van der Waals surface area contributed by atoms with E-state index in [1.165, 1.54) is 12.1 Å². The Bertz CT molecular complexity index is 591. The lowest BCUT2D eigenvalue weighted by molar-refractivity contribution is -0.0328. The molecule has 0 unspecified atom stereocenters. The number of nitrogen functional groups attached to an aromatic ring is 1. The molecule has 20 heavy (non-hydrogen) atoms. The van der Waals surface area contributed by atoms with E-state index in [1.54, 1.807) is 12.1 Å². The maximum absolute atomic E-state index is 12.2. The van der Waals surface area contributed by atoms with Gasteiger partial charge in [-0.1, -0.05) is 24.3 Å². The number of thioether (sulfide) groups is 1. The molecular formula is C15H14F3NS. The molecule has 0 aliphatic heterocycles. The van der Waals surface area contributed by atoms with Crippen molar-refractivity contribution in [3.05, 3.63) is 59.2 Å². The maximum atomic E-state index is 12.2. The van der Waals surface area contributed by atoms with Crippen LogP contribution in [0.5, 0.6) is 0 Å². The number of alkyl halides is 3. The lowest BCUT2D eigenvalue weighted by Gasteiger charge is -2.08. The summed E-state index contributed by atoms with van der Waals surface area (Å²) in [6.07, 6.45) is 0.679. The summed E-state index contributed by atoms with van der Waals surface area (Å²) in [4.78, 5) is 0.203. The van der Waals surface area contributed by atoms with Gasteiger partial charge < -0.3 is 5.73 Å². The zero-order valence-electron chi connectivity index (χ0n) is 10.9. The van der Waals surface area contributed by atoms with Crippen LogP contribution < -0.4 is 5.73 Å². The van der Waals surface area contributed by atoms with Gasteiger partial charge in [0, 0.05) is 10.6 Å². The third kappa shape index (κ3) is 4.20. The topological polar surface area (TPSA) is 26.0 Å². The highest BCUT2D eigenvalue weighted by atomic mass is 32.2. The van der Waals surface area contributed by atoms with Gasteiger partial charge in [0.15, 0.2) is 0 Å². The van der Waals surface area contributed by atoms with Crippen molar-refractivity contribution in [1.29, 1.82) is 0 Å². The van der Waals surface area contributed by atoms with Crippen molar-refractivity contribution >= 4 is 17.4 Å². The Morgan fingerprint density at radius 2 is 1.60 bits per heavy atom. The van der Waals surface area contributed by atoms with E-state index in [0.717, 1.165) is 22.4 Å². The summed E-state index contributed by atoms with van der Waals surface area (Å²) in [7, 11) is 0. The minimum Gasteiger partial charge on any atom is -0.399 e. The van der Waals surface area contributed by atoms with E-state index in [1.807, 2.05) is 25.1 Å². The first kappa shape index (κ1) is 14.8. The summed E-state index contributed by atoms with van der Waals surface area (Å²) >= 11 is -0.0964. The van der Waals surface area contributed by atoms with Crippen molar-refractivity contribution in [2.24, 2.45) is 0 Å². The molecule has 2 aromatic rings. The molecule has 0 spiro atoms. The lowest BCUT2D eigenvalue weighted by Crippen LogP contribution is -1.99. The fourth-order valence-electron chi connectivity index (χ4n) is 1.89. The second-order valence-electron chi connectivity index (χ2n) is 4.56. The second-order valence-corrected chi connectivity index (χ2v) is 5.70. The van der Waals surface area contributed by atoms with E-state index in [4.69, 9.17) is 5.73 Å². The molecule has 0 saturated heterocycles. The molecule has 0 aliphatic rings. The maximum Gasteiger partial charge on any atom is 0.446 e. The van der Waals surface area contributed by atoms with Gasteiger partial charge in [-0.3, -0.25) is 0 Å². The number of nitrogens with two attached hydrogens (primary N) is 1. The van der Waals surface area contributed by atoms with Gasteiger partial charge in [-0.05, 0) is 60.0 Å². The molecule has 0 atom stereocenters. The minimum atomic E-state index is -4.24. The van der Waals surface area contributed by atoms with Crippen LogP contribution in [0.1, 0.15) is 16.7 Å². The molecule has 106 valence electrons. The summed E-state index contributed by atoms with van der Waals surface area (Å²) < 4.78 is 36.7. The van der Waals surface area contributed by atoms with Crippen LogP contribution in [0.2, 0.25) is 0 Å². The summed E-state index contributed by atoms with van der Waals surface area (Å²) in [5.41, 5.74) is 5.32. The van der Waals surface area contributed by atoms with Crippen LogP contribution in [0, 0.1) is 6.92 Å². The molecule has 0 saturated carbocycles. The number of rotatable bonds is 3. The van der Waals surface area contributed by atoms with E-state index < -0.39 is 5.51 Å². The SMILES string of the molecule is Cc1cc(Cc2ccc(SC(F)(F)F)cc2)ccc1N. The standard InChI is InChI=1S/C15H14F3NS/c1-10-8-12(4-7-14(10)19)9-11-2-5-13(6-3-11)20-15(16,17)18/h2-8H,9,19H2,1H3. The molecule has 0 aliphatic carbocycles. The van der Waals surface area contributed by atoms with Crippen LogP contribution >= 0.6 is 11.8 Å². The van der Waals surface area contributed by atoms with Crippen molar-refractivity contribution < 1.29 is 13.2 Å². The number of hydrogen-bond acceptors (Lipinski definition) is 2. The van der Waals surface area contributed by atoms with E-state index in [0.29, 0.717) is 6.42 Å². The van der Waals surface area contributed by atoms with Crippen LogP contribution in [0.4, 0.5) is 18.9 Å². The van der Waals surface area contributed by atoms with Gasteiger partial charge in [-0.25, -0.2) is 0 Å². The van der Waals surface area contributed by atoms with Crippen molar-refractivity contribution in [3.8, 4) is 0 Å². The highest BCUT2D eigenvalue weighted by Crippen LogP contribution is 2.36. The second kappa shape index (κ2) is 5.79. The van der Waals surface area contributed by atoms with Gasteiger partial charge in [0.1, 0.15) is 0 Å². The minimum absolute atomic E-state index is 0.0964. The third-order valence-corrected chi connectivity index (χ3v) is 3.64. The zero-order chi connectivity index (χ0) is 14.8. The van der Waals surface area contributed by atoms with Crippen LogP contribution in [0.15, 0.2) is 47.4 Å². The third-order valence-electron chi connectivity index (χ3n) is 2.90. The van der Waals surface area contributed by atoms with E-state index in [9.17, 15) is 13.2 Å². The predicted octanol–water partition coefficient (Wildman–Crippen LogP) is 4.78. The first-order chi connectivity index (χ1) is 9.33. The Kier molecular flexibility index (Phi) is 4.28. The molecule has 0 radical (unpaired) electrons.